The molecule has 2 aliphatic carbocycles. The third-order valence-corrected chi connectivity index (χ3v) is 7.88. The molecule has 7 rings (SSSR count). The van der Waals surface area contributed by atoms with Gasteiger partial charge in [-0.15, -0.1) is 10.2 Å². The molecule has 32 heavy (non-hydrogen) atoms. The Balaban J connectivity index is 1.14. The minimum Gasteiger partial charge on any atom is -0.340 e. The minimum absolute atomic E-state index is 0.374. The van der Waals surface area contributed by atoms with Crippen molar-refractivity contribution in [2.75, 3.05) is 18.0 Å². The molecule has 1 aromatic carbocycles. The Hall–Kier alpha value is -2.51. The first-order valence-electron chi connectivity index (χ1n) is 11.6. The van der Waals surface area contributed by atoms with Crippen molar-refractivity contribution >= 4 is 17.5 Å². The molecule has 0 atom stereocenters. The Morgan fingerprint density at radius 1 is 1.03 bits per heavy atom. The van der Waals surface area contributed by atoms with Crippen LogP contribution in [0, 0.1) is 12.3 Å². The molecule has 1 spiro atoms. The van der Waals surface area contributed by atoms with Crippen LogP contribution in [0.3, 0.4) is 0 Å². The molecule has 0 radical (unpaired) electrons. The van der Waals surface area contributed by atoms with E-state index in [2.05, 4.69) is 41.6 Å². The van der Waals surface area contributed by atoms with Gasteiger partial charge in [-0.2, -0.15) is 0 Å². The van der Waals surface area contributed by atoms with Crippen LogP contribution in [-0.2, 0) is 13.1 Å². The van der Waals surface area contributed by atoms with Gasteiger partial charge in [-0.25, -0.2) is 9.97 Å². The van der Waals surface area contributed by atoms with Gasteiger partial charge in [-0.1, -0.05) is 11.6 Å². The van der Waals surface area contributed by atoms with Gasteiger partial charge in [0.2, 0.25) is 5.95 Å². The molecule has 8 heteroatoms. The van der Waals surface area contributed by atoms with Gasteiger partial charge in [0.1, 0.15) is 5.82 Å². The van der Waals surface area contributed by atoms with Gasteiger partial charge in [-0.05, 0) is 61.9 Å². The van der Waals surface area contributed by atoms with E-state index in [0.717, 1.165) is 67.2 Å². The smallest absolute Gasteiger partial charge is 0.225 e. The fraction of sp³-hybridized carbons (Fsp3) is 0.500. The number of anilines is 1. The first kappa shape index (κ1) is 19.0. The zero-order valence-corrected chi connectivity index (χ0v) is 19.0. The summed E-state index contributed by atoms with van der Waals surface area (Å²) in [7, 11) is 0. The number of hydrogen-bond acceptors (Lipinski definition) is 6. The molecule has 2 aliphatic heterocycles. The van der Waals surface area contributed by atoms with E-state index in [1.165, 1.54) is 24.1 Å². The number of benzene rings is 1. The fourth-order valence-corrected chi connectivity index (χ4v) is 6.09. The molecule has 3 aromatic rings. The molecule has 0 amide bonds. The van der Waals surface area contributed by atoms with Crippen molar-refractivity contribution in [1.82, 2.24) is 29.6 Å². The highest BCUT2D eigenvalue weighted by molar-refractivity contribution is 6.30. The highest BCUT2D eigenvalue weighted by Gasteiger charge is 2.54. The van der Waals surface area contributed by atoms with E-state index in [9.17, 15) is 0 Å². The van der Waals surface area contributed by atoms with E-state index in [4.69, 9.17) is 16.7 Å². The van der Waals surface area contributed by atoms with Crippen molar-refractivity contribution in [3.05, 3.63) is 58.4 Å². The average Bonchev–Trinajstić information content (AvgIpc) is 3.51. The van der Waals surface area contributed by atoms with Crippen LogP contribution in [0.5, 0.6) is 0 Å². The van der Waals surface area contributed by atoms with Gasteiger partial charge >= 0.3 is 0 Å². The number of rotatable bonds is 3. The fourth-order valence-electron chi connectivity index (χ4n) is 5.89. The van der Waals surface area contributed by atoms with Gasteiger partial charge < -0.3 is 4.90 Å². The molecule has 0 unspecified atom stereocenters. The van der Waals surface area contributed by atoms with E-state index < -0.39 is 0 Å². The van der Waals surface area contributed by atoms with Crippen molar-refractivity contribution < 1.29 is 0 Å². The van der Waals surface area contributed by atoms with Crippen LogP contribution in [0.4, 0.5) is 5.95 Å². The van der Waals surface area contributed by atoms with Gasteiger partial charge in [0.05, 0.1) is 12.2 Å². The summed E-state index contributed by atoms with van der Waals surface area (Å²) < 4.78 is 2.34. The number of halogens is 1. The lowest BCUT2D eigenvalue weighted by atomic mass is 9.57. The first-order chi connectivity index (χ1) is 15.6. The second-order valence-electron chi connectivity index (χ2n) is 10.2. The molecule has 2 aromatic heterocycles. The van der Waals surface area contributed by atoms with Crippen LogP contribution in [-0.4, -0.2) is 48.8 Å². The van der Waals surface area contributed by atoms with E-state index in [1.54, 1.807) is 0 Å². The molecule has 0 bridgehead atoms. The Bertz CT molecular complexity index is 1190. The normalized spacial score (nSPS) is 22.1. The number of aromatic nitrogens is 5. The maximum absolute atomic E-state index is 6.38. The molecule has 0 N–H and O–H groups in total. The van der Waals surface area contributed by atoms with E-state index >= 15 is 0 Å². The van der Waals surface area contributed by atoms with Crippen LogP contribution in [0.25, 0.3) is 5.69 Å². The van der Waals surface area contributed by atoms with Crippen LogP contribution in [0.15, 0.2) is 30.6 Å². The monoisotopic (exact) mass is 447 g/mol. The number of nitrogens with zero attached hydrogens (tertiary/aromatic N) is 7. The molecule has 1 saturated heterocycles. The van der Waals surface area contributed by atoms with E-state index in [1.807, 2.05) is 25.4 Å². The Kier molecular flexibility index (Phi) is 4.01. The average molecular weight is 448 g/mol. The maximum atomic E-state index is 6.38. The summed E-state index contributed by atoms with van der Waals surface area (Å²) in [5, 5.41) is 10.2. The summed E-state index contributed by atoms with van der Waals surface area (Å²) >= 11 is 6.38. The summed E-state index contributed by atoms with van der Waals surface area (Å²) in [6.45, 7) is 5.89. The van der Waals surface area contributed by atoms with E-state index in [-0.39, 0.29) is 0 Å². The number of aryl methyl sites for hydroxylation is 1. The van der Waals surface area contributed by atoms with E-state index in [0.29, 0.717) is 17.4 Å². The SMILES string of the molecule is Cc1cnc(N2CC3(CC(c4nnc5n4-c4ccc(Cl)cc4CN(C4CC4)C5)C3)C2)nc1. The third kappa shape index (κ3) is 2.98. The molecular formula is C24H26ClN7. The molecule has 4 aliphatic rings. The topological polar surface area (TPSA) is 63.0 Å². The summed E-state index contributed by atoms with van der Waals surface area (Å²) in [6.07, 6.45) is 8.67. The highest BCUT2D eigenvalue weighted by atomic mass is 35.5. The van der Waals surface area contributed by atoms with Crippen molar-refractivity contribution in [2.45, 2.75) is 57.7 Å². The molecular weight excluding hydrogens is 422 g/mol. The van der Waals surface area contributed by atoms with Gasteiger partial charge in [-0.3, -0.25) is 9.47 Å². The van der Waals surface area contributed by atoms with Crippen LogP contribution < -0.4 is 4.90 Å². The van der Waals surface area contributed by atoms with Gasteiger partial charge in [0.25, 0.3) is 0 Å². The quantitative estimate of drug-likeness (QED) is 0.607. The third-order valence-electron chi connectivity index (χ3n) is 7.65. The second kappa shape index (κ2) is 6.75. The highest BCUT2D eigenvalue weighted by Crippen LogP contribution is 2.56. The summed E-state index contributed by atoms with van der Waals surface area (Å²) in [6, 6.07) is 6.94. The van der Waals surface area contributed by atoms with Crippen LogP contribution in [0.2, 0.25) is 5.02 Å². The predicted molar refractivity (Wildman–Crippen MR) is 122 cm³/mol. The lowest BCUT2D eigenvalue weighted by Crippen LogP contribution is -2.62. The molecule has 2 saturated carbocycles. The zero-order valence-electron chi connectivity index (χ0n) is 18.2. The predicted octanol–water partition coefficient (Wildman–Crippen LogP) is 3.88. The van der Waals surface area contributed by atoms with Crippen LogP contribution in [0.1, 0.15) is 54.4 Å². The zero-order chi connectivity index (χ0) is 21.4. The van der Waals surface area contributed by atoms with Gasteiger partial charge in [0, 0.05) is 54.4 Å². The summed E-state index contributed by atoms with van der Waals surface area (Å²) in [5.41, 5.74) is 3.96. The second-order valence-corrected chi connectivity index (χ2v) is 10.7. The minimum atomic E-state index is 0.374. The molecule has 164 valence electrons. The lowest BCUT2D eigenvalue weighted by molar-refractivity contribution is 0.0574. The van der Waals surface area contributed by atoms with Crippen molar-refractivity contribution in [3.63, 3.8) is 0 Å². The molecule has 4 heterocycles. The number of hydrogen-bond donors (Lipinski definition) is 0. The van der Waals surface area contributed by atoms with Crippen molar-refractivity contribution in [2.24, 2.45) is 5.41 Å². The standard InChI is InChI=1S/C24H26ClN7/c1-15-9-26-23(27-10-15)31-13-24(14-31)7-17(8-24)22-29-28-21-12-30(19-3-4-19)11-16-6-18(25)2-5-20(16)32(21)22/h2,5-6,9-10,17,19H,3-4,7-8,11-14H2,1H3. The van der Waals surface area contributed by atoms with Gasteiger partial charge in [0.15, 0.2) is 5.82 Å². The lowest BCUT2D eigenvalue weighted by Gasteiger charge is -2.58. The Morgan fingerprint density at radius 2 is 1.81 bits per heavy atom. The van der Waals surface area contributed by atoms with Crippen LogP contribution >= 0.6 is 11.6 Å². The Labute approximate surface area is 192 Å². The summed E-state index contributed by atoms with van der Waals surface area (Å²) in [5.74, 6) is 3.49. The maximum Gasteiger partial charge on any atom is 0.225 e. The van der Waals surface area contributed by atoms with Crippen molar-refractivity contribution in [1.29, 1.82) is 0 Å². The Morgan fingerprint density at radius 3 is 2.56 bits per heavy atom. The first-order valence-corrected chi connectivity index (χ1v) is 12.0. The molecule has 7 nitrogen and oxygen atoms in total. The number of fused-ring (bicyclic) bond motifs is 3. The summed E-state index contributed by atoms with van der Waals surface area (Å²) in [4.78, 5) is 13.8. The van der Waals surface area contributed by atoms with Crippen molar-refractivity contribution in [3.8, 4) is 5.69 Å². The molecule has 3 fully saturated rings. The largest absolute Gasteiger partial charge is 0.340 e.